The molecular weight excluding hydrogens is 387 g/mol. The van der Waals surface area contributed by atoms with Crippen molar-refractivity contribution in [2.45, 2.75) is 30.7 Å². The SMILES string of the molecule is CN(Cc1ncc(C(=O)O)c(N2CCCCC2)n1)S(=O)(=O)c1ccc(F)cc1. The van der Waals surface area contributed by atoms with Crippen LogP contribution >= 0.6 is 0 Å². The second kappa shape index (κ2) is 8.19. The Morgan fingerprint density at radius 2 is 1.86 bits per heavy atom. The zero-order valence-corrected chi connectivity index (χ0v) is 16.2. The molecule has 0 bridgehead atoms. The van der Waals surface area contributed by atoms with Gasteiger partial charge in [0.15, 0.2) is 0 Å². The number of rotatable bonds is 6. The van der Waals surface area contributed by atoms with E-state index in [9.17, 15) is 22.7 Å². The van der Waals surface area contributed by atoms with Crippen molar-refractivity contribution in [3.63, 3.8) is 0 Å². The summed E-state index contributed by atoms with van der Waals surface area (Å²) in [4.78, 5) is 21.8. The van der Waals surface area contributed by atoms with E-state index in [1.165, 1.54) is 25.4 Å². The Morgan fingerprint density at radius 3 is 2.46 bits per heavy atom. The normalized spacial score (nSPS) is 15.0. The van der Waals surface area contributed by atoms with E-state index in [0.717, 1.165) is 35.7 Å². The van der Waals surface area contributed by atoms with Gasteiger partial charge < -0.3 is 10.0 Å². The van der Waals surface area contributed by atoms with Crippen molar-refractivity contribution in [1.29, 1.82) is 0 Å². The van der Waals surface area contributed by atoms with Crippen LogP contribution in [0.2, 0.25) is 0 Å². The van der Waals surface area contributed by atoms with Gasteiger partial charge in [-0.15, -0.1) is 0 Å². The molecule has 1 aliphatic heterocycles. The second-order valence-corrected chi connectivity index (χ2v) is 8.64. The van der Waals surface area contributed by atoms with Crippen LogP contribution in [0.25, 0.3) is 0 Å². The van der Waals surface area contributed by atoms with Crippen molar-refractivity contribution < 1.29 is 22.7 Å². The van der Waals surface area contributed by atoms with E-state index in [0.29, 0.717) is 18.9 Å². The third-order valence-electron chi connectivity index (χ3n) is 4.59. The maximum absolute atomic E-state index is 13.1. The zero-order chi connectivity index (χ0) is 20.3. The van der Waals surface area contributed by atoms with Crippen LogP contribution < -0.4 is 4.90 Å². The van der Waals surface area contributed by atoms with Crippen LogP contribution in [0.3, 0.4) is 0 Å². The average molecular weight is 408 g/mol. The molecule has 0 aliphatic carbocycles. The Bertz CT molecular complexity index is 960. The smallest absolute Gasteiger partial charge is 0.341 e. The molecule has 1 aromatic carbocycles. The van der Waals surface area contributed by atoms with Gasteiger partial charge in [-0.3, -0.25) is 0 Å². The number of carboxylic acids is 1. The van der Waals surface area contributed by atoms with E-state index >= 15 is 0 Å². The number of aromatic carboxylic acids is 1. The molecule has 2 heterocycles. The summed E-state index contributed by atoms with van der Waals surface area (Å²) in [5.74, 6) is -1.15. The summed E-state index contributed by atoms with van der Waals surface area (Å²) < 4.78 is 39.4. The van der Waals surface area contributed by atoms with E-state index in [2.05, 4.69) is 9.97 Å². The Morgan fingerprint density at radius 1 is 1.21 bits per heavy atom. The van der Waals surface area contributed by atoms with Crippen LogP contribution in [0.5, 0.6) is 0 Å². The number of carboxylic acid groups (broad SMARTS) is 1. The lowest BCUT2D eigenvalue weighted by atomic mass is 10.1. The van der Waals surface area contributed by atoms with Gasteiger partial charge in [-0.2, -0.15) is 4.31 Å². The minimum atomic E-state index is -3.86. The summed E-state index contributed by atoms with van der Waals surface area (Å²) in [5, 5.41) is 9.43. The predicted octanol–water partition coefficient (Wildman–Crippen LogP) is 2.12. The average Bonchev–Trinajstić information content (AvgIpc) is 2.68. The second-order valence-electron chi connectivity index (χ2n) is 6.59. The monoisotopic (exact) mass is 408 g/mol. The molecule has 3 rings (SSSR count). The lowest BCUT2D eigenvalue weighted by molar-refractivity contribution is 0.0696. The van der Waals surface area contributed by atoms with E-state index in [1.807, 2.05) is 4.90 Å². The van der Waals surface area contributed by atoms with Crippen molar-refractivity contribution in [2.75, 3.05) is 25.0 Å². The fourth-order valence-corrected chi connectivity index (χ4v) is 4.18. The van der Waals surface area contributed by atoms with Crippen LogP contribution in [-0.2, 0) is 16.6 Å². The maximum atomic E-state index is 13.1. The molecule has 0 radical (unpaired) electrons. The van der Waals surface area contributed by atoms with Crippen LogP contribution in [0.4, 0.5) is 10.2 Å². The van der Waals surface area contributed by atoms with Gasteiger partial charge in [-0.1, -0.05) is 0 Å². The van der Waals surface area contributed by atoms with Crippen LogP contribution in [-0.4, -0.2) is 53.9 Å². The van der Waals surface area contributed by atoms with Gasteiger partial charge in [0.1, 0.15) is 23.0 Å². The molecule has 1 aromatic heterocycles. The first-order valence-corrected chi connectivity index (χ1v) is 10.3. The van der Waals surface area contributed by atoms with Crippen LogP contribution in [0.1, 0.15) is 35.4 Å². The first-order chi connectivity index (χ1) is 13.3. The fourth-order valence-electron chi connectivity index (χ4n) is 3.05. The predicted molar refractivity (Wildman–Crippen MR) is 100 cm³/mol. The molecule has 1 fully saturated rings. The Hall–Kier alpha value is -2.59. The summed E-state index contributed by atoms with van der Waals surface area (Å²) in [5.41, 5.74) is -0.00491. The summed E-state index contributed by atoms with van der Waals surface area (Å²) in [6.45, 7) is 1.25. The van der Waals surface area contributed by atoms with E-state index < -0.39 is 21.8 Å². The molecule has 0 unspecified atom stereocenters. The minimum absolute atomic E-state index is 0.00491. The zero-order valence-electron chi connectivity index (χ0n) is 15.4. The molecule has 0 spiro atoms. The number of carbonyl (C=O) groups is 1. The van der Waals surface area contributed by atoms with Gasteiger partial charge in [0.05, 0.1) is 11.4 Å². The molecule has 150 valence electrons. The lowest BCUT2D eigenvalue weighted by Gasteiger charge is -2.29. The minimum Gasteiger partial charge on any atom is -0.477 e. The first-order valence-electron chi connectivity index (χ1n) is 8.85. The number of benzene rings is 1. The Labute approximate surface area is 162 Å². The van der Waals surface area contributed by atoms with E-state index in [-0.39, 0.29) is 22.8 Å². The largest absolute Gasteiger partial charge is 0.477 e. The van der Waals surface area contributed by atoms with Gasteiger partial charge in [0, 0.05) is 26.3 Å². The number of sulfonamides is 1. The number of anilines is 1. The first kappa shape index (κ1) is 20.2. The quantitative estimate of drug-likeness (QED) is 0.781. The molecule has 0 atom stereocenters. The summed E-state index contributed by atoms with van der Waals surface area (Å²) in [7, 11) is -2.49. The highest BCUT2D eigenvalue weighted by Crippen LogP contribution is 2.23. The van der Waals surface area contributed by atoms with Crippen LogP contribution in [0.15, 0.2) is 35.4 Å². The third-order valence-corrected chi connectivity index (χ3v) is 6.41. The van der Waals surface area contributed by atoms with Crippen molar-refractivity contribution in [3.05, 3.63) is 47.7 Å². The number of hydrogen-bond donors (Lipinski definition) is 1. The summed E-state index contributed by atoms with van der Waals surface area (Å²) in [6.07, 6.45) is 4.18. The van der Waals surface area contributed by atoms with Crippen molar-refractivity contribution in [1.82, 2.24) is 14.3 Å². The fraction of sp³-hybridized carbons (Fsp3) is 0.389. The molecular formula is C18H21FN4O4S. The van der Waals surface area contributed by atoms with Crippen molar-refractivity contribution in [3.8, 4) is 0 Å². The highest BCUT2D eigenvalue weighted by Gasteiger charge is 2.25. The van der Waals surface area contributed by atoms with Gasteiger partial charge in [0.2, 0.25) is 10.0 Å². The Kier molecular flexibility index (Phi) is 5.90. The molecule has 0 amide bonds. The van der Waals surface area contributed by atoms with E-state index in [1.54, 1.807) is 0 Å². The van der Waals surface area contributed by atoms with Gasteiger partial charge in [-0.25, -0.2) is 27.6 Å². The standard InChI is InChI=1S/C18H21FN4O4S/c1-22(28(26,27)14-7-5-13(19)6-8-14)12-16-20-11-15(18(24)25)17(21-16)23-9-3-2-4-10-23/h5-8,11H,2-4,9-10,12H2,1H3,(H,24,25). The molecule has 1 saturated heterocycles. The van der Waals surface area contributed by atoms with Crippen molar-refractivity contribution >= 4 is 21.8 Å². The molecule has 8 nitrogen and oxygen atoms in total. The molecule has 2 aromatic rings. The van der Waals surface area contributed by atoms with Gasteiger partial charge >= 0.3 is 5.97 Å². The number of piperidine rings is 1. The highest BCUT2D eigenvalue weighted by atomic mass is 32.2. The van der Waals surface area contributed by atoms with Gasteiger partial charge in [-0.05, 0) is 43.5 Å². The molecule has 28 heavy (non-hydrogen) atoms. The molecule has 1 N–H and O–H groups in total. The summed E-state index contributed by atoms with van der Waals surface area (Å²) >= 11 is 0. The lowest BCUT2D eigenvalue weighted by Crippen LogP contribution is -2.33. The van der Waals surface area contributed by atoms with Gasteiger partial charge in [0.25, 0.3) is 0 Å². The molecule has 1 aliphatic rings. The molecule has 10 heteroatoms. The number of hydrogen-bond acceptors (Lipinski definition) is 6. The molecule has 0 saturated carbocycles. The van der Waals surface area contributed by atoms with Crippen LogP contribution in [0, 0.1) is 5.82 Å². The van der Waals surface area contributed by atoms with E-state index in [4.69, 9.17) is 0 Å². The third kappa shape index (κ3) is 4.28. The number of aromatic nitrogens is 2. The summed E-state index contributed by atoms with van der Waals surface area (Å²) in [6, 6.07) is 4.53. The highest BCUT2D eigenvalue weighted by molar-refractivity contribution is 7.89. The number of nitrogens with zero attached hydrogens (tertiary/aromatic N) is 4. The number of halogens is 1. The maximum Gasteiger partial charge on any atom is 0.341 e. The topological polar surface area (TPSA) is 104 Å². The van der Waals surface area contributed by atoms with Crippen molar-refractivity contribution in [2.24, 2.45) is 0 Å². The Balaban J connectivity index is 1.87.